The molecule has 0 spiro atoms. The molecule has 12 heteroatoms. The van der Waals surface area contributed by atoms with Crippen LogP contribution in [0.15, 0.2) is 155 Å². The Kier molecular flexibility index (Phi) is 10.2. The second-order valence-electron chi connectivity index (χ2n) is 12.0. The molecule has 4 N–H and O–H groups in total. The minimum absolute atomic E-state index is 0.141. The first-order valence-corrected chi connectivity index (χ1v) is 19.0. The van der Waals surface area contributed by atoms with Crippen molar-refractivity contribution < 1.29 is 26.4 Å². The van der Waals surface area contributed by atoms with Gasteiger partial charge in [0.1, 0.15) is 0 Å². The number of hydrogen-bond donors (Lipinski definition) is 4. The van der Waals surface area contributed by atoms with Crippen LogP contribution in [0.3, 0.4) is 0 Å². The van der Waals surface area contributed by atoms with Crippen molar-refractivity contribution >= 4 is 54.6 Å². The fourth-order valence-electron chi connectivity index (χ4n) is 5.36. The minimum atomic E-state index is -3.75. The second-order valence-corrected chi connectivity index (χ2v) is 15.3. The Morgan fingerprint density at radius 3 is 1.12 bits per heavy atom. The average molecular weight is 731 g/mol. The highest BCUT2D eigenvalue weighted by Gasteiger charge is 2.16. The molecular formula is C40H34N4O6S2. The Labute approximate surface area is 302 Å². The lowest BCUT2D eigenvalue weighted by Crippen LogP contribution is -2.14. The number of rotatable bonds is 11. The molecule has 0 fully saturated rings. The molecule has 6 aromatic rings. The molecule has 0 aromatic heterocycles. The predicted molar refractivity (Wildman–Crippen MR) is 205 cm³/mol. The first-order chi connectivity index (χ1) is 24.9. The number of nitrogens with one attached hydrogen (secondary N) is 4. The smallest absolute Gasteiger partial charge is 0.261 e. The van der Waals surface area contributed by atoms with E-state index >= 15 is 0 Å². The number of carbonyl (C=O) groups is 2. The third-order valence-corrected chi connectivity index (χ3v) is 11.0. The van der Waals surface area contributed by atoms with Crippen LogP contribution >= 0.6 is 0 Å². The summed E-state index contributed by atoms with van der Waals surface area (Å²) in [4.78, 5) is 26.3. The molecule has 0 aliphatic carbocycles. The topological polar surface area (TPSA) is 151 Å². The van der Waals surface area contributed by atoms with Gasteiger partial charge in [-0.2, -0.15) is 0 Å². The van der Waals surface area contributed by atoms with Gasteiger partial charge in [0.15, 0.2) is 0 Å². The van der Waals surface area contributed by atoms with Gasteiger partial charge in [0.05, 0.1) is 9.79 Å². The molecule has 2 amide bonds. The van der Waals surface area contributed by atoms with Gasteiger partial charge >= 0.3 is 0 Å². The van der Waals surface area contributed by atoms with Crippen LogP contribution in [0.2, 0.25) is 0 Å². The van der Waals surface area contributed by atoms with Crippen LogP contribution in [0, 0.1) is 13.8 Å². The quantitative estimate of drug-likeness (QED) is 0.106. The molecule has 52 heavy (non-hydrogen) atoms. The largest absolute Gasteiger partial charge is 0.322 e. The van der Waals surface area contributed by atoms with Crippen LogP contribution in [0.1, 0.15) is 31.8 Å². The lowest BCUT2D eigenvalue weighted by atomic mass is 9.99. The Morgan fingerprint density at radius 2 is 0.788 bits per heavy atom. The van der Waals surface area contributed by atoms with Gasteiger partial charge in [-0.3, -0.25) is 19.0 Å². The van der Waals surface area contributed by atoms with Crippen LogP contribution in [0.4, 0.5) is 22.7 Å². The van der Waals surface area contributed by atoms with Gasteiger partial charge in [0, 0.05) is 33.9 Å². The maximum Gasteiger partial charge on any atom is 0.261 e. The lowest BCUT2D eigenvalue weighted by Gasteiger charge is -2.14. The number of benzene rings is 6. The van der Waals surface area contributed by atoms with E-state index in [0.717, 1.165) is 22.3 Å². The summed E-state index contributed by atoms with van der Waals surface area (Å²) in [6, 6.07) is 39.8. The van der Waals surface area contributed by atoms with Crippen molar-refractivity contribution in [1.82, 2.24) is 0 Å². The number of aryl methyl sites for hydroxylation is 2. The van der Waals surface area contributed by atoms with Crippen molar-refractivity contribution in [3.8, 4) is 11.1 Å². The molecule has 0 unspecified atom stereocenters. The summed E-state index contributed by atoms with van der Waals surface area (Å²) in [5.74, 6) is -0.681. The fourth-order valence-corrected chi connectivity index (χ4v) is 7.52. The molecule has 0 saturated heterocycles. The molecule has 0 radical (unpaired) electrons. The van der Waals surface area contributed by atoms with Crippen LogP contribution in [0.25, 0.3) is 11.1 Å². The molecule has 10 nitrogen and oxygen atoms in total. The van der Waals surface area contributed by atoms with Crippen molar-refractivity contribution in [2.45, 2.75) is 23.6 Å². The van der Waals surface area contributed by atoms with E-state index in [1.54, 1.807) is 60.7 Å². The van der Waals surface area contributed by atoms with Gasteiger partial charge in [0.25, 0.3) is 31.9 Å². The number of sulfonamides is 2. The monoisotopic (exact) mass is 730 g/mol. The fraction of sp³-hybridized carbons (Fsp3) is 0.0500. The van der Waals surface area contributed by atoms with E-state index < -0.39 is 20.0 Å². The number of amides is 2. The molecule has 0 aliphatic heterocycles. The lowest BCUT2D eigenvalue weighted by molar-refractivity contribution is 0.101. The van der Waals surface area contributed by atoms with Gasteiger partial charge in [-0.1, -0.05) is 48.5 Å². The highest BCUT2D eigenvalue weighted by atomic mass is 32.2. The number of anilines is 4. The molecule has 262 valence electrons. The van der Waals surface area contributed by atoms with Gasteiger partial charge in [-0.25, -0.2) is 16.8 Å². The van der Waals surface area contributed by atoms with Crippen LogP contribution in [-0.4, -0.2) is 28.6 Å². The third kappa shape index (κ3) is 8.37. The normalized spacial score (nSPS) is 11.3. The number of hydrogen-bond acceptors (Lipinski definition) is 6. The summed E-state index contributed by atoms with van der Waals surface area (Å²) in [5.41, 5.74) is 6.16. The molecule has 0 saturated carbocycles. The molecule has 0 heterocycles. The van der Waals surface area contributed by atoms with Crippen molar-refractivity contribution in [3.63, 3.8) is 0 Å². The summed E-state index contributed by atoms with van der Waals surface area (Å²) in [6.45, 7) is 3.78. The van der Waals surface area contributed by atoms with Crippen LogP contribution in [0.5, 0.6) is 0 Å². The van der Waals surface area contributed by atoms with Crippen molar-refractivity contribution in [3.05, 3.63) is 168 Å². The first-order valence-electron chi connectivity index (χ1n) is 16.1. The molecule has 6 rings (SSSR count). The van der Waals surface area contributed by atoms with E-state index in [1.165, 1.54) is 48.5 Å². The summed E-state index contributed by atoms with van der Waals surface area (Å²) in [7, 11) is -7.50. The second kappa shape index (κ2) is 14.9. The molecule has 0 bridgehead atoms. The summed E-state index contributed by atoms with van der Waals surface area (Å²) < 4.78 is 55.5. The van der Waals surface area contributed by atoms with Gasteiger partial charge in [0.2, 0.25) is 0 Å². The van der Waals surface area contributed by atoms with Gasteiger partial charge in [-0.15, -0.1) is 0 Å². The third-order valence-electron chi connectivity index (χ3n) is 8.19. The Morgan fingerprint density at radius 1 is 0.442 bits per heavy atom. The molecule has 6 aromatic carbocycles. The van der Waals surface area contributed by atoms with Gasteiger partial charge in [-0.05, 0) is 133 Å². The zero-order valence-electron chi connectivity index (χ0n) is 28.1. The van der Waals surface area contributed by atoms with E-state index in [0.29, 0.717) is 33.9 Å². The summed E-state index contributed by atoms with van der Waals surface area (Å²) in [5, 5.41) is 5.84. The Balaban J connectivity index is 1.06. The van der Waals surface area contributed by atoms with Crippen molar-refractivity contribution in [2.75, 3.05) is 20.1 Å². The Bertz CT molecular complexity index is 2300. The summed E-state index contributed by atoms with van der Waals surface area (Å²) >= 11 is 0. The molecule has 0 atom stereocenters. The molecular weight excluding hydrogens is 697 g/mol. The van der Waals surface area contributed by atoms with E-state index in [-0.39, 0.29) is 21.6 Å². The average Bonchev–Trinajstić information content (AvgIpc) is 3.14. The highest BCUT2D eigenvalue weighted by Crippen LogP contribution is 2.29. The van der Waals surface area contributed by atoms with Crippen molar-refractivity contribution in [1.29, 1.82) is 0 Å². The number of carbonyl (C=O) groups excluding carboxylic acids is 2. The van der Waals surface area contributed by atoms with Crippen LogP contribution < -0.4 is 20.1 Å². The zero-order chi connectivity index (χ0) is 36.9. The van der Waals surface area contributed by atoms with Crippen LogP contribution in [-0.2, 0) is 20.0 Å². The van der Waals surface area contributed by atoms with E-state index in [2.05, 4.69) is 20.1 Å². The first kappa shape index (κ1) is 35.6. The summed E-state index contributed by atoms with van der Waals surface area (Å²) in [6.07, 6.45) is 0. The molecule has 0 aliphatic rings. The van der Waals surface area contributed by atoms with Gasteiger partial charge < -0.3 is 10.6 Å². The standard InChI is InChI=1S/C40H34N4O6S2/c1-27-25-31(17-23-37(27)41-39(45)29-13-19-33(20-14-29)43-51(47,48)35-9-5-3-6-10-35)32-18-24-38(28(2)26-32)42-40(46)30-15-21-34(22-16-30)44-52(49,50)36-11-7-4-8-12-36/h3-26,43-44H,1-2H3,(H,41,45)(H,42,46). The zero-order valence-corrected chi connectivity index (χ0v) is 29.8. The highest BCUT2D eigenvalue weighted by molar-refractivity contribution is 7.93. The Hall–Kier alpha value is -6.24. The van der Waals surface area contributed by atoms with E-state index in [4.69, 9.17) is 0 Å². The van der Waals surface area contributed by atoms with E-state index in [1.807, 2.05) is 50.2 Å². The predicted octanol–water partition coefficient (Wildman–Crippen LogP) is 8.08. The minimum Gasteiger partial charge on any atom is -0.322 e. The van der Waals surface area contributed by atoms with E-state index in [9.17, 15) is 26.4 Å². The maximum atomic E-state index is 13.0. The maximum absolute atomic E-state index is 13.0. The SMILES string of the molecule is Cc1cc(-c2ccc(NC(=O)c3ccc(NS(=O)(=O)c4ccccc4)cc3)c(C)c2)ccc1NC(=O)c1ccc(NS(=O)(=O)c2ccccc2)cc1. The van der Waals surface area contributed by atoms with Crippen molar-refractivity contribution in [2.24, 2.45) is 0 Å².